The molecule has 3 heteroatoms. The van der Waals surface area contributed by atoms with E-state index in [1.165, 1.54) is 16.7 Å². The van der Waals surface area contributed by atoms with E-state index in [0.717, 1.165) is 11.4 Å². The van der Waals surface area contributed by atoms with E-state index in [0.29, 0.717) is 5.02 Å². The van der Waals surface area contributed by atoms with Crippen molar-refractivity contribution in [3.05, 3.63) is 58.1 Å². The lowest BCUT2D eigenvalue weighted by molar-refractivity contribution is 0.415. The fourth-order valence-electron chi connectivity index (χ4n) is 2.09. The Labute approximate surface area is 125 Å². The van der Waals surface area contributed by atoms with Crippen molar-refractivity contribution in [2.45, 2.75) is 26.8 Å². The first-order valence-electron chi connectivity index (χ1n) is 6.68. The van der Waals surface area contributed by atoms with Crippen molar-refractivity contribution < 1.29 is 4.74 Å². The van der Waals surface area contributed by atoms with Crippen LogP contribution in [0.25, 0.3) is 0 Å². The van der Waals surface area contributed by atoms with Gasteiger partial charge in [0.15, 0.2) is 0 Å². The average molecular weight is 290 g/mol. The van der Waals surface area contributed by atoms with Crippen molar-refractivity contribution in [3.63, 3.8) is 0 Å². The number of aryl methyl sites for hydroxylation is 2. The van der Waals surface area contributed by atoms with E-state index in [2.05, 4.69) is 44.3 Å². The molecule has 0 aliphatic rings. The van der Waals surface area contributed by atoms with Gasteiger partial charge in [0, 0.05) is 12.1 Å². The first-order valence-corrected chi connectivity index (χ1v) is 7.06. The number of hydrogen-bond donors (Lipinski definition) is 1. The Hall–Kier alpha value is -1.67. The molecule has 1 unspecified atom stereocenters. The van der Waals surface area contributed by atoms with E-state index in [9.17, 15) is 0 Å². The maximum atomic E-state index is 6.22. The van der Waals surface area contributed by atoms with Gasteiger partial charge in [0.25, 0.3) is 0 Å². The molecule has 0 saturated carbocycles. The summed E-state index contributed by atoms with van der Waals surface area (Å²) in [6.45, 7) is 6.38. The topological polar surface area (TPSA) is 21.3 Å². The van der Waals surface area contributed by atoms with Gasteiger partial charge in [0.2, 0.25) is 0 Å². The molecule has 0 bridgehead atoms. The predicted octanol–water partition coefficient (Wildman–Crippen LogP) is 5.14. The van der Waals surface area contributed by atoms with Gasteiger partial charge >= 0.3 is 0 Å². The zero-order chi connectivity index (χ0) is 14.7. The molecule has 0 aliphatic carbocycles. The van der Waals surface area contributed by atoms with Crippen molar-refractivity contribution in [1.82, 2.24) is 0 Å². The molecule has 0 aliphatic heterocycles. The lowest BCUT2D eigenvalue weighted by Gasteiger charge is -2.18. The second kappa shape index (κ2) is 6.19. The highest BCUT2D eigenvalue weighted by Crippen LogP contribution is 2.30. The van der Waals surface area contributed by atoms with Gasteiger partial charge in [-0.25, -0.2) is 0 Å². The van der Waals surface area contributed by atoms with Crippen LogP contribution < -0.4 is 10.1 Å². The summed E-state index contributed by atoms with van der Waals surface area (Å²) < 4.78 is 5.23. The zero-order valence-corrected chi connectivity index (χ0v) is 13.1. The van der Waals surface area contributed by atoms with Crippen molar-refractivity contribution in [3.8, 4) is 5.75 Å². The number of rotatable bonds is 4. The molecule has 2 nitrogen and oxygen atoms in total. The minimum atomic E-state index is 0.180. The second-order valence-corrected chi connectivity index (χ2v) is 5.46. The van der Waals surface area contributed by atoms with Crippen LogP contribution in [0.2, 0.25) is 5.02 Å². The van der Waals surface area contributed by atoms with Gasteiger partial charge in [-0.3, -0.25) is 0 Å². The Morgan fingerprint density at radius 3 is 2.45 bits per heavy atom. The van der Waals surface area contributed by atoms with Crippen LogP contribution in [0, 0.1) is 13.8 Å². The molecule has 2 aromatic rings. The smallest absolute Gasteiger partial charge is 0.121 e. The Bertz CT molecular complexity index is 610. The first kappa shape index (κ1) is 14.7. The zero-order valence-electron chi connectivity index (χ0n) is 12.3. The molecule has 0 aromatic heterocycles. The molecule has 1 N–H and O–H groups in total. The van der Waals surface area contributed by atoms with Crippen LogP contribution in [0.5, 0.6) is 5.75 Å². The second-order valence-electron chi connectivity index (χ2n) is 5.06. The van der Waals surface area contributed by atoms with Gasteiger partial charge in [-0.15, -0.1) is 0 Å². The van der Waals surface area contributed by atoms with Crippen LogP contribution in [0.3, 0.4) is 0 Å². The van der Waals surface area contributed by atoms with Gasteiger partial charge < -0.3 is 10.1 Å². The van der Waals surface area contributed by atoms with Crippen LogP contribution in [0.4, 0.5) is 5.69 Å². The highest BCUT2D eigenvalue weighted by molar-refractivity contribution is 6.33. The Balaban J connectivity index is 2.22. The highest BCUT2D eigenvalue weighted by atomic mass is 35.5. The van der Waals surface area contributed by atoms with Crippen LogP contribution in [0.1, 0.15) is 29.7 Å². The molecule has 0 saturated heterocycles. The molecule has 0 spiro atoms. The van der Waals surface area contributed by atoms with Gasteiger partial charge in [-0.05, 0) is 49.6 Å². The van der Waals surface area contributed by atoms with Gasteiger partial charge in [-0.2, -0.15) is 0 Å². The summed E-state index contributed by atoms with van der Waals surface area (Å²) in [5.41, 5.74) is 4.73. The van der Waals surface area contributed by atoms with E-state index in [1.807, 2.05) is 18.2 Å². The molecule has 2 aromatic carbocycles. The summed E-state index contributed by atoms with van der Waals surface area (Å²) >= 11 is 6.22. The summed E-state index contributed by atoms with van der Waals surface area (Å²) in [6, 6.07) is 12.3. The average Bonchev–Trinajstić information content (AvgIpc) is 2.44. The maximum Gasteiger partial charge on any atom is 0.121 e. The molecule has 1 atom stereocenters. The third-order valence-electron chi connectivity index (χ3n) is 3.58. The third kappa shape index (κ3) is 3.26. The lowest BCUT2D eigenvalue weighted by atomic mass is 10.0. The maximum absolute atomic E-state index is 6.22. The molecule has 0 heterocycles. The summed E-state index contributed by atoms with van der Waals surface area (Å²) in [6.07, 6.45) is 0. The molecule has 0 radical (unpaired) electrons. The Kier molecular flexibility index (Phi) is 4.56. The van der Waals surface area contributed by atoms with Crippen LogP contribution in [0.15, 0.2) is 36.4 Å². The standard InChI is InChI=1S/C17H20ClNO/c1-11-5-6-14(9-12(11)2)13(3)19-17-10-15(20-4)7-8-16(17)18/h5-10,13,19H,1-4H3. The lowest BCUT2D eigenvalue weighted by Crippen LogP contribution is -2.07. The Morgan fingerprint density at radius 1 is 1.05 bits per heavy atom. The van der Waals surface area contributed by atoms with E-state index >= 15 is 0 Å². The number of ether oxygens (including phenoxy) is 1. The van der Waals surface area contributed by atoms with E-state index in [1.54, 1.807) is 7.11 Å². The normalized spacial score (nSPS) is 12.1. The minimum Gasteiger partial charge on any atom is -0.497 e. The van der Waals surface area contributed by atoms with Crippen LogP contribution in [-0.4, -0.2) is 7.11 Å². The fraction of sp³-hybridized carbons (Fsp3) is 0.294. The van der Waals surface area contributed by atoms with Crippen molar-refractivity contribution in [2.24, 2.45) is 0 Å². The summed E-state index contributed by atoms with van der Waals surface area (Å²) in [5.74, 6) is 0.796. The SMILES string of the molecule is COc1ccc(Cl)c(NC(C)c2ccc(C)c(C)c2)c1. The third-order valence-corrected chi connectivity index (χ3v) is 3.91. The highest BCUT2D eigenvalue weighted by Gasteiger charge is 2.09. The molecule has 2 rings (SSSR count). The number of anilines is 1. The minimum absolute atomic E-state index is 0.180. The molecular formula is C17H20ClNO. The van der Waals surface area contributed by atoms with E-state index in [-0.39, 0.29) is 6.04 Å². The van der Waals surface area contributed by atoms with E-state index < -0.39 is 0 Å². The molecular weight excluding hydrogens is 270 g/mol. The first-order chi connectivity index (χ1) is 9.51. The van der Waals surface area contributed by atoms with Gasteiger partial charge in [0.05, 0.1) is 17.8 Å². The number of nitrogens with one attached hydrogen (secondary N) is 1. The van der Waals surface area contributed by atoms with Crippen molar-refractivity contribution >= 4 is 17.3 Å². The van der Waals surface area contributed by atoms with Gasteiger partial charge in [0.1, 0.15) is 5.75 Å². The predicted molar refractivity (Wildman–Crippen MR) is 86.0 cm³/mol. The van der Waals surface area contributed by atoms with Crippen molar-refractivity contribution in [1.29, 1.82) is 0 Å². The van der Waals surface area contributed by atoms with Gasteiger partial charge in [-0.1, -0.05) is 29.8 Å². The quantitative estimate of drug-likeness (QED) is 0.841. The summed E-state index contributed by atoms with van der Waals surface area (Å²) in [5, 5.41) is 4.13. The monoisotopic (exact) mass is 289 g/mol. The van der Waals surface area contributed by atoms with Crippen LogP contribution >= 0.6 is 11.6 Å². The summed E-state index contributed by atoms with van der Waals surface area (Å²) in [7, 11) is 1.65. The number of halogens is 1. The number of benzene rings is 2. The number of methoxy groups -OCH3 is 1. The van der Waals surface area contributed by atoms with Crippen LogP contribution in [-0.2, 0) is 0 Å². The molecule has 20 heavy (non-hydrogen) atoms. The largest absolute Gasteiger partial charge is 0.497 e. The summed E-state index contributed by atoms with van der Waals surface area (Å²) in [4.78, 5) is 0. The van der Waals surface area contributed by atoms with Crippen molar-refractivity contribution in [2.75, 3.05) is 12.4 Å². The Morgan fingerprint density at radius 2 is 1.80 bits per heavy atom. The molecule has 0 fully saturated rings. The van der Waals surface area contributed by atoms with E-state index in [4.69, 9.17) is 16.3 Å². The fourth-order valence-corrected chi connectivity index (χ4v) is 2.26. The molecule has 0 amide bonds. The number of hydrogen-bond acceptors (Lipinski definition) is 2. The molecule has 106 valence electrons.